The molecule has 3 aromatic carbocycles. The normalized spacial score (nSPS) is 15.8. The lowest BCUT2D eigenvalue weighted by atomic mass is 9.94. The van der Waals surface area contributed by atoms with E-state index < -0.39 is 17.9 Å². The molecule has 2 amide bonds. The molecule has 0 radical (unpaired) electrons. The number of carbonyl (C=O) groups excluding carboxylic acids is 1. The minimum Gasteiger partial charge on any atom is -0.497 e. The van der Waals surface area contributed by atoms with Crippen molar-refractivity contribution in [1.82, 2.24) is 15.5 Å². The van der Waals surface area contributed by atoms with E-state index >= 15 is 0 Å². The number of amides is 2. The first-order valence-electron chi connectivity index (χ1n) is 10.8. The smallest absolute Gasteiger partial charge is 0.327 e. The fourth-order valence-electron chi connectivity index (χ4n) is 4.06. The third-order valence-corrected chi connectivity index (χ3v) is 5.99. The minimum atomic E-state index is -0.594. The second-order valence-electron chi connectivity index (χ2n) is 7.90. The monoisotopic (exact) mass is 490 g/mol. The van der Waals surface area contributed by atoms with E-state index in [1.54, 1.807) is 44.4 Å². The molecule has 1 aliphatic rings. The largest absolute Gasteiger partial charge is 0.497 e. The van der Waals surface area contributed by atoms with Crippen molar-refractivity contribution >= 4 is 28.9 Å². The van der Waals surface area contributed by atoms with Crippen LogP contribution in [0.25, 0.3) is 17.0 Å². The second kappa shape index (κ2) is 9.23. The molecule has 7 nitrogen and oxygen atoms in total. The number of halogens is 2. The van der Waals surface area contributed by atoms with Crippen LogP contribution in [0.5, 0.6) is 5.75 Å². The number of nitrogens with zero attached hydrogens (tertiary/aromatic N) is 3. The highest BCUT2D eigenvalue weighted by atomic mass is 35.5. The van der Waals surface area contributed by atoms with Gasteiger partial charge in [-0.15, -0.1) is 0 Å². The van der Waals surface area contributed by atoms with Crippen LogP contribution in [-0.4, -0.2) is 23.3 Å². The van der Waals surface area contributed by atoms with E-state index in [0.29, 0.717) is 39.1 Å². The number of carbonyl (C=O) groups is 1. The summed E-state index contributed by atoms with van der Waals surface area (Å²) in [4.78, 5) is 19.2. The molecule has 1 aromatic heterocycles. The van der Waals surface area contributed by atoms with Crippen LogP contribution in [0.1, 0.15) is 24.4 Å². The number of ether oxygens (including phenoxy) is 1. The highest BCUT2D eigenvalue weighted by Crippen LogP contribution is 2.39. The molecule has 35 heavy (non-hydrogen) atoms. The first kappa shape index (κ1) is 22.6. The van der Waals surface area contributed by atoms with Crippen LogP contribution < -0.4 is 15.0 Å². The third-order valence-electron chi connectivity index (χ3n) is 5.74. The highest BCUT2D eigenvalue weighted by molar-refractivity contribution is 6.30. The van der Waals surface area contributed by atoms with Crippen LogP contribution in [-0.2, 0) is 0 Å². The van der Waals surface area contributed by atoms with Crippen molar-refractivity contribution < 1.29 is 18.4 Å². The number of nitrogens with one attached hydrogen (secondary N) is 1. The molecular formula is C26H20ClFN4O3. The zero-order valence-electron chi connectivity index (χ0n) is 18.8. The molecule has 0 saturated heterocycles. The summed E-state index contributed by atoms with van der Waals surface area (Å²) in [5, 5.41) is 7.71. The van der Waals surface area contributed by atoms with Crippen molar-refractivity contribution in [3.63, 3.8) is 0 Å². The summed E-state index contributed by atoms with van der Waals surface area (Å²) in [6.45, 7) is 1.76. The number of hydrogen-bond acceptors (Lipinski definition) is 5. The molecule has 1 N–H and O–H groups in total. The maximum Gasteiger partial charge on any atom is 0.327 e. The van der Waals surface area contributed by atoms with Crippen molar-refractivity contribution in [3.05, 3.63) is 101 Å². The summed E-state index contributed by atoms with van der Waals surface area (Å²) in [5.41, 5.74) is 2.97. The first-order valence-corrected chi connectivity index (χ1v) is 11.1. The molecular weight excluding hydrogens is 471 g/mol. The molecule has 176 valence electrons. The van der Waals surface area contributed by atoms with Gasteiger partial charge in [-0.05, 0) is 55.0 Å². The van der Waals surface area contributed by atoms with Crippen LogP contribution >= 0.6 is 11.6 Å². The van der Waals surface area contributed by atoms with Gasteiger partial charge in [0.2, 0.25) is 5.82 Å². The van der Waals surface area contributed by atoms with Crippen LogP contribution in [0, 0.1) is 5.82 Å². The van der Waals surface area contributed by atoms with E-state index in [9.17, 15) is 9.18 Å². The van der Waals surface area contributed by atoms with E-state index in [0.717, 1.165) is 5.56 Å². The second-order valence-corrected chi connectivity index (χ2v) is 8.34. The minimum absolute atomic E-state index is 0.224. The molecule has 2 heterocycles. The summed E-state index contributed by atoms with van der Waals surface area (Å²) in [6.07, 6.45) is 0. The molecule has 9 heteroatoms. The van der Waals surface area contributed by atoms with Crippen molar-refractivity contribution in [2.24, 2.45) is 0 Å². The molecule has 4 aromatic rings. The molecule has 1 atom stereocenters. The number of methoxy groups -OCH3 is 1. The Labute approximate surface area is 205 Å². The number of hydrogen-bond donors (Lipinski definition) is 1. The van der Waals surface area contributed by atoms with E-state index in [4.69, 9.17) is 20.9 Å². The number of allylic oxidation sites excluding steroid dienone is 1. The van der Waals surface area contributed by atoms with Gasteiger partial charge in [0, 0.05) is 16.3 Å². The highest BCUT2D eigenvalue weighted by Gasteiger charge is 2.36. The molecule has 1 aliphatic heterocycles. The Morgan fingerprint density at radius 1 is 1.09 bits per heavy atom. The Morgan fingerprint density at radius 2 is 1.86 bits per heavy atom. The van der Waals surface area contributed by atoms with E-state index in [2.05, 4.69) is 15.5 Å². The molecule has 0 bridgehead atoms. The van der Waals surface area contributed by atoms with Gasteiger partial charge in [-0.25, -0.2) is 9.18 Å². The van der Waals surface area contributed by atoms with Gasteiger partial charge in [0.15, 0.2) is 0 Å². The lowest BCUT2D eigenvalue weighted by Crippen LogP contribution is -2.46. The number of urea groups is 1. The SMILES string of the molecule is COc1cccc(-c2noc(C3=C(C)N(c4cccc(F)c4)C(=O)NC3c3ccc(Cl)cc3)n2)c1. The predicted octanol–water partition coefficient (Wildman–Crippen LogP) is 6.24. The van der Waals surface area contributed by atoms with Gasteiger partial charge >= 0.3 is 6.03 Å². The number of benzene rings is 3. The Balaban J connectivity index is 1.65. The maximum absolute atomic E-state index is 14.0. The fraction of sp³-hybridized carbons (Fsp3) is 0.115. The van der Waals surface area contributed by atoms with E-state index in [1.807, 2.05) is 30.3 Å². The zero-order valence-corrected chi connectivity index (χ0v) is 19.6. The first-order chi connectivity index (χ1) is 16.9. The van der Waals surface area contributed by atoms with Crippen LogP contribution in [0.2, 0.25) is 5.02 Å². The Hall–Kier alpha value is -4.17. The van der Waals surface area contributed by atoms with Gasteiger partial charge in [-0.2, -0.15) is 4.98 Å². The molecule has 0 aliphatic carbocycles. The van der Waals surface area contributed by atoms with Crippen LogP contribution in [0.4, 0.5) is 14.9 Å². The fourth-order valence-corrected chi connectivity index (χ4v) is 4.19. The van der Waals surface area contributed by atoms with Crippen LogP contribution in [0.15, 0.2) is 83.0 Å². The number of anilines is 1. The Kier molecular flexibility index (Phi) is 5.96. The molecule has 0 spiro atoms. The van der Waals surface area contributed by atoms with E-state index in [-0.39, 0.29) is 5.89 Å². The third kappa shape index (κ3) is 4.36. The molecule has 1 unspecified atom stereocenters. The van der Waals surface area contributed by atoms with Crippen molar-refractivity contribution in [1.29, 1.82) is 0 Å². The molecule has 5 rings (SSSR count). The summed E-state index contributed by atoms with van der Waals surface area (Å²) < 4.78 is 25.0. The lowest BCUT2D eigenvalue weighted by Gasteiger charge is -2.35. The van der Waals surface area contributed by atoms with Gasteiger partial charge in [-0.3, -0.25) is 4.90 Å². The summed E-state index contributed by atoms with van der Waals surface area (Å²) in [5.74, 6) is 0.790. The Bertz CT molecular complexity index is 1430. The average molecular weight is 491 g/mol. The number of rotatable bonds is 5. The van der Waals surface area contributed by atoms with E-state index in [1.165, 1.54) is 17.0 Å². The number of aromatic nitrogens is 2. The van der Waals surface area contributed by atoms with Gasteiger partial charge in [0.05, 0.1) is 24.4 Å². The van der Waals surface area contributed by atoms with Gasteiger partial charge in [0.25, 0.3) is 5.89 Å². The van der Waals surface area contributed by atoms with Gasteiger partial charge in [-0.1, -0.05) is 47.1 Å². The van der Waals surface area contributed by atoms with Gasteiger partial charge in [0.1, 0.15) is 11.6 Å². The summed E-state index contributed by atoms with van der Waals surface area (Å²) >= 11 is 6.08. The Morgan fingerprint density at radius 3 is 2.60 bits per heavy atom. The standard InChI is InChI=1S/C26H20ClFN4O3/c1-15-22(25-30-24(31-35-25)17-5-3-8-21(13-17)34-2)23(16-9-11-18(27)12-10-16)29-26(33)32(15)20-7-4-6-19(28)14-20/h3-14,23H,1-2H3,(H,29,33). The summed E-state index contributed by atoms with van der Waals surface area (Å²) in [6, 6.07) is 19.2. The van der Waals surface area contributed by atoms with Crippen molar-refractivity contribution in [3.8, 4) is 17.1 Å². The maximum atomic E-state index is 14.0. The average Bonchev–Trinajstić information content (AvgIpc) is 3.34. The predicted molar refractivity (Wildman–Crippen MR) is 130 cm³/mol. The van der Waals surface area contributed by atoms with Crippen molar-refractivity contribution in [2.75, 3.05) is 12.0 Å². The topological polar surface area (TPSA) is 80.5 Å². The zero-order chi connectivity index (χ0) is 24.5. The van der Waals surface area contributed by atoms with Crippen LogP contribution in [0.3, 0.4) is 0 Å². The van der Waals surface area contributed by atoms with Gasteiger partial charge < -0.3 is 14.6 Å². The molecule has 0 saturated carbocycles. The quantitative estimate of drug-likeness (QED) is 0.358. The van der Waals surface area contributed by atoms with Crippen molar-refractivity contribution in [2.45, 2.75) is 13.0 Å². The molecule has 0 fully saturated rings. The lowest BCUT2D eigenvalue weighted by molar-refractivity contribution is 0.244. The summed E-state index contributed by atoms with van der Waals surface area (Å²) in [7, 11) is 1.58.